The van der Waals surface area contributed by atoms with E-state index in [9.17, 15) is 10.1 Å². The van der Waals surface area contributed by atoms with E-state index in [0.717, 1.165) is 32.1 Å². The van der Waals surface area contributed by atoms with Crippen molar-refractivity contribution in [3.8, 4) is 6.07 Å². The Balaban J connectivity index is 1.95. The second kappa shape index (κ2) is 4.08. The summed E-state index contributed by atoms with van der Waals surface area (Å²) in [7, 11) is 0. The highest BCUT2D eigenvalue weighted by Gasteiger charge is 2.43. The number of rotatable bonds is 2. The number of nitrogens with zero attached hydrogens (tertiary/aromatic N) is 1. The van der Waals surface area contributed by atoms with Crippen molar-refractivity contribution in [3.63, 3.8) is 0 Å². The topological polar surface area (TPSA) is 52.9 Å². The van der Waals surface area contributed by atoms with E-state index in [2.05, 4.69) is 25.2 Å². The highest BCUT2D eigenvalue weighted by atomic mass is 16.2. The molecule has 0 saturated heterocycles. The van der Waals surface area contributed by atoms with Crippen LogP contribution in [0.3, 0.4) is 0 Å². The summed E-state index contributed by atoms with van der Waals surface area (Å²) >= 11 is 0. The van der Waals surface area contributed by atoms with Crippen molar-refractivity contribution in [2.24, 2.45) is 17.8 Å². The van der Waals surface area contributed by atoms with Gasteiger partial charge < -0.3 is 5.32 Å². The number of carbonyl (C=O) groups excluding carboxylic acids is 1. The van der Waals surface area contributed by atoms with Crippen LogP contribution in [0.2, 0.25) is 0 Å². The van der Waals surface area contributed by atoms with Gasteiger partial charge in [-0.05, 0) is 43.9 Å². The minimum Gasteiger partial charge on any atom is -0.338 e. The first kappa shape index (κ1) is 11.4. The van der Waals surface area contributed by atoms with Gasteiger partial charge in [0.1, 0.15) is 5.54 Å². The summed E-state index contributed by atoms with van der Waals surface area (Å²) in [4.78, 5) is 11.9. The fraction of sp³-hybridized carbons (Fsp3) is 0.846. The summed E-state index contributed by atoms with van der Waals surface area (Å²) in [5.41, 5.74) is -0.564. The zero-order valence-electron chi connectivity index (χ0n) is 10.1. The summed E-state index contributed by atoms with van der Waals surface area (Å²) in [6, 6.07) is 2.33. The second-order valence-corrected chi connectivity index (χ2v) is 5.69. The van der Waals surface area contributed by atoms with Crippen molar-refractivity contribution >= 4 is 5.91 Å². The lowest BCUT2D eigenvalue weighted by Crippen LogP contribution is -2.50. The molecule has 2 unspecified atom stereocenters. The summed E-state index contributed by atoms with van der Waals surface area (Å²) < 4.78 is 0. The molecule has 1 amide bonds. The zero-order chi connectivity index (χ0) is 11.8. The fourth-order valence-electron chi connectivity index (χ4n) is 2.54. The van der Waals surface area contributed by atoms with Crippen molar-refractivity contribution in [1.82, 2.24) is 5.32 Å². The first-order valence-corrected chi connectivity index (χ1v) is 6.29. The molecule has 2 aliphatic carbocycles. The predicted octanol–water partition coefficient (Wildman–Crippen LogP) is 2.23. The maximum atomic E-state index is 11.9. The van der Waals surface area contributed by atoms with E-state index >= 15 is 0 Å². The van der Waals surface area contributed by atoms with Crippen molar-refractivity contribution in [3.05, 3.63) is 0 Å². The average molecular weight is 220 g/mol. The van der Waals surface area contributed by atoms with Crippen LogP contribution in [0.25, 0.3) is 0 Å². The Morgan fingerprint density at radius 2 is 1.94 bits per heavy atom. The third-order valence-corrected chi connectivity index (χ3v) is 4.15. The quantitative estimate of drug-likeness (QED) is 0.775. The molecule has 0 spiro atoms. The molecule has 2 atom stereocenters. The Labute approximate surface area is 97.2 Å². The Morgan fingerprint density at radius 1 is 1.38 bits per heavy atom. The van der Waals surface area contributed by atoms with E-state index < -0.39 is 5.54 Å². The largest absolute Gasteiger partial charge is 0.338 e. The molecule has 2 fully saturated rings. The van der Waals surface area contributed by atoms with Crippen LogP contribution in [-0.2, 0) is 4.79 Å². The van der Waals surface area contributed by atoms with Crippen molar-refractivity contribution in [1.29, 1.82) is 5.26 Å². The third kappa shape index (κ3) is 2.21. The molecule has 0 aliphatic heterocycles. The van der Waals surface area contributed by atoms with Gasteiger partial charge in [-0.25, -0.2) is 0 Å². The van der Waals surface area contributed by atoms with Gasteiger partial charge in [0.2, 0.25) is 5.91 Å². The predicted molar refractivity (Wildman–Crippen MR) is 61.4 cm³/mol. The number of nitriles is 1. The van der Waals surface area contributed by atoms with E-state index in [-0.39, 0.29) is 11.8 Å². The molecular formula is C13H20N2O. The van der Waals surface area contributed by atoms with Crippen molar-refractivity contribution in [2.45, 2.75) is 51.5 Å². The molecule has 2 saturated carbocycles. The number of hydrogen-bond acceptors (Lipinski definition) is 2. The molecule has 88 valence electrons. The number of carbonyl (C=O) groups is 1. The first-order valence-electron chi connectivity index (χ1n) is 6.29. The molecule has 2 aliphatic rings. The smallest absolute Gasteiger partial charge is 0.224 e. The van der Waals surface area contributed by atoms with Gasteiger partial charge in [0, 0.05) is 5.92 Å². The van der Waals surface area contributed by atoms with Crippen LogP contribution >= 0.6 is 0 Å². The standard InChI is InChI=1S/C13H20N2O/c1-9-3-5-13(8-14,6-4-9)15-12(16)11-7-10(11)2/h9-11H,3-7H2,1-2H3,(H,15,16). The van der Waals surface area contributed by atoms with Gasteiger partial charge in [-0.1, -0.05) is 13.8 Å². The highest BCUT2D eigenvalue weighted by molar-refractivity contribution is 5.82. The van der Waals surface area contributed by atoms with Gasteiger partial charge in [0.25, 0.3) is 0 Å². The minimum atomic E-state index is -0.564. The molecule has 0 heterocycles. The van der Waals surface area contributed by atoms with Crippen molar-refractivity contribution in [2.75, 3.05) is 0 Å². The summed E-state index contributed by atoms with van der Waals surface area (Å²) in [5, 5.41) is 12.3. The SMILES string of the molecule is CC1CCC(C#N)(NC(=O)C2CC2C)CC1. The van der Waals surface area contributed by atoms with Crippen LogP contribution in [0.5, 0.6) is 0 Å². The van der Waals surface area contributed by atoms with Crippen molar-refractivity contribution < 1.29 is 4.79 Å². The molecule has 1 N–H and O–H groups in total. The zero-order valence-corrected chi connectivity index (χ0v) is 10.1. The molecule has 2 rings (SSSR count). The highest BCUT2D eigenvalue weighted by Crippen LogP contribution is 2.39. The Bertz CT molecular complexity index is 323. The molecule has 0 radical (unpaired) electrons. The molecule has 3 nitrogen and oxygen atoms in total. The number of hydrogen-bond donors (Lipinski definition) is 1. The second-order valence-electron chi connectivity index (χ2n) is 5.69. The summed E-state index contributed by atoms with van der Waals surface area (Å²) in [6.07, 6.45) is 4.72. The minimum absolute atomic E-state index is 0.101. The summed E-state index contributed by atoms with van der Waals surface area (Å²) in [5.74, 6) is 1.48. The first-order chi connectivity index (χ1) is 7.56. The van der Waals surface area contributed by atoms with Crippen LogP contribution in [0.15, 0.2) is 0 Å². The third-order valence-electron chi connectivity index (χ3n) is 4.15. The lowest BCUT2D eigenvalue weighted by atomic mass is 9.78. The van der Waals surface area contributed by atoms with Crippen LogP contribution in [0.4, 0.5) is 0 Å². The Hall–Kier alpha value is -1.04. The molecule has 0 aromatic heterocycles. The lowest BCUT2D eigenvalue weighted by molar-refractivity contribution is -0.124. The van der Waals surface area contributed by atoms with Gasteiger partial charge >= 0.3 is 0 Å². The Morgan fingerprint density at radius 3 is 2.38 bits per heavy atom. The normalized spacial score (nSPS) is 42.2. The van der Waals surface area contributed by atoms with E-state index in [1.165, 1.54) is 0 Å². The molecule has 0 aromatic rings. The number of amides is 1. The monoisotopic (exact) mass is 220 g/mol. The summed E-state index contributed by atoms with van der Waals surface area (Å²) in [6.45, 7) is 4.30. The molecule has 16 heavy (non-hydrogen) atoms. The van der Waals surface area contributed by atoms with Crippen LogP contribution in [0.1, 0.15) is 46.0 Å². The van der Waals surface area contributed by atoms with Gasteiger partial charge in [0.15, 0.2) is 0 Å². The Kier molecular flexibility index (Phi) is 2.92. The van der Waals surface area contributed by atoms with Crippen LogP contribution in [-0.4, -0.2) is 11.4 Å². The van der Waals surface area contributed by atoms with Gasteiger partial charge in [-0.3, -0.25) is 4.79 Å². The maximum Gasteiger partial charge on any atom is 0.224 e. The molecule has 0 bridgehead atoms. The van der Waals surface area contributed by atoms with E-state index in [1.807, 2.05) is 0 Å². The maximum absolute atomic E-state index is 11.9. The average Bonchev–Trinajstić information content (AvgIpc) is 3.00. The van der Waals surface area contributed by atoms with Gasteiger partial charge in [-0.2, -0.15) is 5.26 Å². The van der Waals surface area contributed by atoms with Crippen LogP contribution in [0, 0.1) is 29.1 Å². The molecular weight excluding hydrogens is 200 g/mol. The molecule has 0 aromatic carbocycles. The van der Waals surface area contributed by atoms with Crippen LogP contribution < -0.4 is 5.32 Å². The number of nitrogens with one attached hydrogen (secondary N) is 1. The van der Waals surface area contributed by atoms with Gasteiger partial charge in [0.05, 0.1) is 6.07 Å². The van der Waals surface area contributed by atoms with E-state index in [0.29, 0.717) is 11.8 Å². The molecule has 3 heteroatoms. The van der Waals surface area contributed by atoms with E-state index in [4.69, 9.17) is 0 Å². The van der Waals surface area contributed by atoms with E-state index in [1.54, 1.807) is 0 Å². The lowest BCUT2D eigenvalue weighted by Gasteiger charge is -2.34. The van der Waals surface area contributed by atoms with Gasteiger partial charge in [-0.15, -0.1) is 0 Å². The fourth-order valence-corrected chi connectivity index (χ4v) is 2.54.